The highest BCUT2D eigenvalue weighted by atomic mass is 16.2. The Labute approximate surface area is 123 Å². The summed E-state index contributed by atoms with van der Waals surface area (Å²) in [7, 11) is 0. The van der Waals surface area contributed by atoms with E-state index in [1.165, 1.54) is 32.1 Å². The molecule has 114 valence electrons. The molecule has 1 aliphatic carbocycles. The van der Waals surface area contributed by atoms with Crippen LogP contribution >= 0.6 is 0 Å². The number of hydrogen-bond donors (Lipinski definition) is 1. The van der Waals surface area contributed by atoms with Crippen molar-refractivity contribution in [2.75, 3.05) is 19.6 Å². The summed E-state index contributed by atoms with van der Waals surface area (Å²) in [6.45, 7) is 5.30. The zero-order chi connectivity index (χ0) is 14.0. The van der Waals surface area contributed by atoms with Crippen LogP contribution in [0.5, 0.6) is 0 Å². The van der Waals surface area contributed by atoms with Crippen LogP contribution in [0.1, 0.15) is 64.7 Å². The molecule has 2 atom stereocenters. The van der Waals surface area contributed by atoms with Gasteiger partial charge in [-0.15, -0.1) is 0 Å². The van der Waals surface area contributed by atoms with Crippen LogP contribution < -0.4 is 5.32 Å². The summed E-state index contributed by atoms with van der Waals surface area (Å²) in [5.41, 5.74) is -0.0354. The van der Waals surface area contributed by atoms with Crippen LogP contribution in [0.3, 0.4) is 0 Å². The van der Waals surface area contributed by atoms with Crippen LogP contribution in [0.4, 0.5) is 0 Å². The topological polar surface area (TPSA) is 32.3 Å². The highest BCUT2D eigenvalue weighted by molar-refractivity contribution is 5.83. The number of amides is 1. The van der Waals surface area contributed by atoms with Crippen LogP contribution in [0.25, 0.3) is 0 Å². The summed E-state index contributed by atoms with van der Waals surface area (Å²) in [5.74, 6) is 1.32. The van der Waals surface area contributed by atoms with Gasteiger partial charge in [-0.3, -0.25) is 4.79 Å². The molecule has 3 fully saturated rings. The van der Waals surface area contributed by atoms with E-state index in [0.717, 1.165) is 51.2 Å². The fourth-order valence-electron chi connectivity index (χ4n) is 4.92. The second-order valence-corrected chi connectivity index (χ2v) is 7.18. The van der Waals surface area contributed by atoms with Gasteiger partial charge >= 0.3 is 0 Å². The maximum absolute atomic E-state index is 13.3. The number of piperidine rings is 1. The van der Waals surface area contributed by atoms with E-state index in [0.29, 0.717) is 11.9 Å². The van der Waals surface area contributed by atoms with Crippen molar-refractivity contribution in [2.45, 2.75) is 70.8 Å². The Morgan fingerprint density at radius 3 is 2.70 bits per heavy atom. The van der Waals surface area contributed by atoms with Gasteiger partial charge in [0.15, 0.2) is 0 Å². The van der Waals surface area contributed by atoms with E-state index < -0.39 is 0 Å². The molecule has 2 aliphatic heterocycles. The average molecular weight is 278 g/mol. The first-order chi connectivity index (χ1) is 9.77. The predicted octanol–water partition coefficient (Wildman–Crippen LogP) is 2.95. The molecule has 2 unspecified atom stereocenters. The first-order valence-corrected chi connectivity index (χ1v) is 8.79. The molecular formula is C17H30N2O. The minimum Gasteiger partial charge on any atom is -0.339 e. The number of hydrogen-bond acceptors (Lipinski definition) is 2. The van der Waals surface area contributed by atoms with Gasteiger partial charge in [0.25, 0.3) is 0 Å². The highest BCUT2D eigenvalue weighted by Crippen LogP contribution is 2.42. The normalized spacial score (nSPS) is 33.0. The van der Waals surface area contributed by atoms with Gasteiger partial charge in [-0.05, 0) is 57.5 Å². The number of nitrogens with one attached hydrogen (secondary N) is 1. The van der Waals surface area contributed by atoms with E-state index in [1.54, 1.807) is 0 Å². The molecule has 1 N–H and O–H groups in total. The molecule has 1 saturated carbocycles. The lowest BCUT2D eigenvalue weighted by Gasteiger charge is -2.42. The molecule has 1 amide bonds. The lowest BCUT2D eigenvalue weighted by atomic mass is 9.73. The SMILES string of the molecule is CCCC1(C(=O)N2CCC3CCCCC32)CCNCC1. The maximum atomic E-state index is 13.3. The van der Waals surface area contributed by atoms with Gasteiger partial charge < -0.3 is 10.2 Å². The second-order valence-electron chi connectivity index (χ2n) is 7.18. The Hall–Kier alpha value is -0.570. The molecule has 0 radical (unpaired) electrons. The summed E-state index contributed by atoms with van der Waals surface area (Å²) in [4.78, 5) is 15.6. The van der Waals surface area contributed by atoms with Crippen LogP contribution in [-0.4, -0.2) is 36.5 Å². The van der Waals surface area contributed by atoms with Crippen LogP contribution in [0, 0.1) is 11.3 Å². The molecule has 3 rings (SSSR count). The molecule has 2 saturated heterocycles. The van der Waals surface area contributed by atoms with E-state index in [4.69, 9.17) is 0 Å². The molecule has 3 heteroatoms. The van der Waals surface area contributed by atoms with Crippen molar-refractivity contribution >= 4 is 5.91 Å². The first kappa shape index (κ1) is 14.4. The minimum absolute atomic E-state index is 0.0354. The zero-order valence-corrected chi connectivity index (χ0v) is 13.0. The Morgan fingerprint density at radius 2 is 1.95 bits per heavy atom. The fraction of sp³-hybridized carbons (Fsp3) is 0.941. The van der Waals surface area contributed by atoms with Crippen molar-refractivity contribution in [3.8, 4) is 0 Å². The van der Waals surface area contributed by atoms with Crippen LogP contribution in [-0.2, 0) is 4.79 Å². The average Bonchev–Trinajstić information content (AvgIpc) is 2.91. The molecule has 2 heterocycles. The molecule has 3 nitrogen and oxygen atoms in total. The Morgan fingerprint density at radius 1 is 1.20 bits per heavy atom. The fourth-order valence-corrected chi connectivity index (χ4v) is 4.92. The van der Waals surface area contributed by atoms with Crippen LogP contribution in [0.2, 0.25) is 0 Å². The zero-order valence-electron chi connectivity index (χ0n) is 13.0. The standard InChI is InChI=1S/C17H30N2O/c1-2-8-17(9-11-18-12-10-17)16(20)19-13-7-14-5-3-4-6-15(14)19/h14-15,18H,2-13H2,1H3. The molecule has 0 bridgehead atoms. The van der Waals surface area contributed by atoms with E-state index in [2.05, 4.69) is 17.1 Å². The summed E-state index contributed by atoms with van der Waals surface area (Å²) in [6, 6.07) is 0.583. The van der Waals surface area contributed by atoms with Gasteiger partial charge in [-0.1, -0.05) is 26.2 Å². The third-order valence-corrected chi connectivity index (χ3v) is 6.01. The number of fused-ring (bicyclic) bond motifs is 1. The molecule has 0 aromatic carbocycles. The lowest BCUT2D eigenvalue weighted by Crippen LogP contribution is -2.51. The molecule has 3 aliphatic rings. The van der Waals surface area contributed by atoms with Gasteiger partial charge in [-0.2, -0.15) is 0 Å². The van der Waals surface area contributed by atoms with E-state index in [1.807, 2.05) is 0 Å². The van der Waals surface area contributed by atoms with E-state index >= 15 is 0 Å². The van der Waals surface area contributed by atoms with Crippen LogP contribution in [0.15, 0.2) is 0 Å². The van der Waals surface area contributed by atoms with Gasteiger partial charge in [-0.25, -0.2) is 0 Å². The molecule has 20 heavy (non-hydrogen) atoms. The largest absolute Gasteiger partial charge is 0.339 e. The van der Waals surface area contributed by atoms with Gasteiger partial charge in [0.1, 0.15) is 0 Å². The van der Waals surface area contributed by atoms with Crippen molar-refractivity contribution in [3.05, 3.63) is 0 Å². The lowest BCUT2D eigenvalue weighted by molar-refractivity contribution is -0.146. The third kappa shape index (κ3) is 2.49. The van der Waals surface area contributed by atoms with Gasteiger partial charge in [0.2, 0.25) is 5.91 Å². The quantitative estimate of drug-likeness (QED) is 0.861. The van der Waals surface area contributed by atoms with E-state index in [-0.39, 0.29) is 5.41 Å². The number of nitrogens with zero attached hydrogens (tertiary/aromatic N) is 1. The third-order valence-electron chi connectivity index (χ3n) is 6.01. The number of rotatable bonds is 3. The van der Waals surface area contributed by atoms with Crippen molar-refractivity contribution in [2.24, 2.45) is 11.3 Å². The number of carbonyl (C=O) groups is 1. The van der Waals surface area contributed by atoms with Gasteiger partial charge in [0.05, 0.1) is 5.41 Å². The summed E-state index contributed by atoms with van der Waals surface area (Å²) in [6.07, 6.45) is 10.9. The van der Waals surface area contributed by atoms with Crippen molar-refractivity contribution < 1.29 is 4.79 Å². The number of likely N-dealkylation sites (tertiary alicyclic amines) is 1. The predicted molar refractivity (Wildman–Crippen MR) is 81.5 cm³/mol. The molecule has 0 aromatic rings. The van der Waals surface area contributed by atoms with E-state index in [9.17, 15) is 4.79 Å². The minimum atomic E-state index is -0.0354. The first-order valence-electron chi connectivity index (χ1n) is 8.79. The smallest absolute Gasteiger partial charge is 0.229 e. The Balaban J connectivity index is 1.75. The Kier molecular flexibility index (Phi) is 4.34. The summed E-state index contributed by atoms with van der Waals surface area (Å²) in [5, 5.41) is 3.43. The molecule has 0 aromatic heterocycles. The maximum Gasteiger partial charge on any atom is 0.229 e. The number of carbonyl (C=O) groups excluding carboxylic acids is 1. The highest BCUT2D eigenvalue weighted by Gasteiger charge is 2.46. The van der Waals surface area contributed by atoms with Gasteiger partial charge in [0, 0.05) is 12.6 Å². The van der Waals surface area contributed by atoms with Crippen molar-refractivity contribution in [1.29, 1.82) is 0 Å². The Bertz CT molecular complexity index is 343. The molecule has 0 spiro atoms. The summed E-state index contributed by atoms with van der Waals surface area (Å²) >= 11 is 0. The summed E-state index contributed by atoms with van der Waals surface area (Å²) < 4.78 is 0. The molecular weight excluding hydrogens is 248 g/mol. The second kappa shape index (κ2) is 6.05. The van der Waals surface area contributed by atoms with Crippen molar-refractivity contribution in [3.63, 3.8) is 0 Å². The van der Waals surface area contributed by atoms with Crippen molar-refractivity contribution in [1.82, 2.24) is 10.2 Å². The monoisotopic (exact) mass is 278 g/mol.